The van der Waals surface area contributed by atoms with Gasteiger partial charge in [0.1, 0.15) is 0 Å². The first-order valence-corrected chi connectivity index (χ1v) is 9.74. The molecule has 2 saturated heterocycles. The standard InChI is InChI=1S/C22H25ClN2O/c1-24-18-12-13-20(24)21(19(14-18)15-8-10-16(23)11-9-15)22(26)25(2)17-6-4-3-5-7-17/h3-11,18-21H,12-14H2,1-2H3. The minimum absolute atomic E-state index is 0.0230. The Morgan fingerprint density at radius 1 is 1.08 bits per heavy atom. The number of piperidine rings is 1. The normalized spacial score (nSPS) is 28.1. The number of hydrogen-bond donors (Lipinski definition) is 0. The van der Waals surface area contributed by atoms with E-state index in [1.54, 1.807) is 0 Å². The molecule has 0 saturated carbocycles. The molecule has 0 aromatic heterocycles. The van der Waals surface area contributed by atoms with Crippen LogP contribution in [-0.2, 0) is 4.79 Å². The van der Waals surface area contributed by atoms with Crippen molar-refractivity contribution in [1.29, 1.82) is 0 Å². The zero-order valence-electron chi connectivity index (χ0n) is 15.3. The van der Waals surface area contributed by atoms with Crippen molar-refractivity contribution in [3.8, 4) is 0 Å². The highest BCUT2D eigenvalue weighted by molar-refractivity contribution is 6.30. The molecule has 2 aliphatic rings. The summed E-state index contributed by atoms with van der Waals surface area (Å²) in [5, 5.41) is 0.744. The second-order valence-corrected chi connectivity index (χ2v) is 8.05. The molecule has 4 unspecified atom stereocenters. The summed E-state index contributed by atoms with van der Waals surface area (Å²) in [5.74, 6) is 0.443. The number of rotatable bonds is 3. The third-order valence-electron chi connectivity index (χ3n) is 6.33. The molecule has 136 valence electrons. The third kappa shape index (κ3) is 3.04. The molecule has 0 N–H and O–H groups in total. The summed E-state index contributed by atoms with van der Waals surface area (Å²) in [6.45, 7) is 0. The Labute approximate surface area is 160 Å². The second-order valence-electron chi connectivity index (χ2n) is 7.62. The summed E-state index contributed by atoms with van der Waals surface area (Å²) in [5.41, 5.74) is 2.19. The molecular weight excluding hydrogens is 344 g/mol. The fraction of sp³-hybridized carbons (Fsp3) is 0.409. The van der Waals surface area contributed by atoms with Crippen molar-refractivity contribution in [2.45, 2.75) is 37.3 Å². The van der Waals surface area contributed by atoms with Crippen molar-refractivity contribution < 1.29 is 4.79 Å². The van der Waals surface area contributed by atoms with Gasteiger partial charge in [0.05, 0.1) is 5.92 Å². The van der Waals surface area contributed by atoms with Crippen molar-refractivity contribution in [3.05, 3.63) is 65.2 Å². The van der Waals surface area contributed by atoms with E-state index in [-0.39, 0.29) is 17.7 Å². The van der Waals surface area contributed by atoms with Crippen LogP contribution < -0.4 is 4.90 Å². The summed E-state index contributed by atoms with van der Waals surface area (Å²) in [7, 11) is 4.08. The van der Waals surface area contributed by atoms with E-state index >= 15 is 0 Å². The van der Waals surface area contributed by atoms with Gasteiger partial charge in [0.2, 0.25) is 5.91 Å². The lowest BCUT2D eigenvalue weighted by Crippen LogP contribution is -2.52. The molecule has 0 aliphatic carbocycles. The second kappa shape index (κ2) is 7.05. The Bertz CT molecular complexity index is 776. The minimum Gasteiger partial charge on any atom is -0.315 e. The molecule has 4 atom stereocenters. The van der Waals surface area contributed by atoms with Crippen LogP contribution in [-0.4, -0.2) is 37.0 Å². The first kappa shape index (κ1) is 17.6. The number of nitrogens with zero attached hydrogens (tertiary/aromatic N) is 2. The third-order valence-corrected chi connectivity index (χ3v) is 6.58. The van der Waals surface area contributed by atoms with Crippen molar-refractivity contribution in [3.63, 3.8) is 0 Å². The topological polar surface area (TPSA) is 23.6 Å². The van der Waals surface area contributed by atoms with Gasteiger partial charge in [0.25, 0.3) is 0 Å². The number of carbonyl (C=O) groups excluding carboxylic acids is 1. The van der Waals surface area contributed by atoms with E-state index in [4.69, 9.17) is 11.6 Å². The van der Waals surface area contributed by atoms with Crippen LogP contribution in [0.5, 0.6) is 0 Å². The van der Waals surface area contributed by atoms with Gasteiger partial charge in [-0.25, -0.2) is 0 Å². The number of carbonyl (C=O) groups is 1. The molecule has 2 heterocycles. The highest BCUT2D eigenvalue weighted by Crippen LogP contribution is 2.47. The number of amides is 1. The lowest BCUT2D eigenvalue weighted by molar-refractivity contribution is -0.126. The molecular formula is C22H25ClN2O. The Kier molecular flexibility index (Phi) is 4.76. The van der Waals surface area contributed by atoms with Crippen molar-refractivity contribution in [1.82, 2.24) is 4.90 Å². The van der Waals surface area contributed by atoms with Gasteiger partial charge in [-0.05, 0) is 62.1 Å². The summed E-state index contributed by atoms with van der Waals surface area (Å²) in [6.07, 6.45) is 3.32. The lowest BCUT2D eigenvalue weighted by atomic mass is 9.75. The Hall–Kier alpha value is -1.84. The van der Waals surface area contributed by atoms with E-state index in [9.17, 15) is 4.79 Å². The molecule has 2 bridgehead atoms. The zero-order valence-corrected chi connectivity index (χ0v) is 16.1. The van der Waals surface area contributed by atoms with Gasteiger partial charge in [-0.1, -0.05) is 41.9 Å². The van der Waals surface area contributed by atoms with Crippen LogP contribution in [0.3, 0.4) is 0 Å². The average molecular weight is 369 g/mol. The maximum Gasteiger partial charge on any atom is 0.232 e. The smallest absolute Gasteiger partial charge is 0.232 e. The first-order valence-electron chi connectivity index (χ1n) is 9.36. The molecule has 3 nitrogen and oxygen atoms in total. The summed E-state index contributed by atoms with van der Waals surface area (Å²) in [4.78, 5) is 17.8. The van der Waals surface area contributed by atoms with E-state index in [0.29, 0.717) is 12.1 Å². The summed E-state index contributed by atoms with van der Waals surface area (Å²) >= 11 is 6.09. The van der Waals surface area contributed by atoms with Gasteiger partial charge < -0.3 is 4.90 Å². The minimum atomic E-state index is -0.0230. The van der Waals surface area contributed by atoms with Crippen LogP contribution >= 0.6 is 11.6 Å². The Balaban J connectivity index is 1.69. The van der Waals surface area contributed by atoms with E-state index in [1.807, 2.05) is 54.4 Å². The van der Waals surface area contributed by atoms with Gasteiger partial charge in [0, 0.05) is 29.8 Å². The largest absolute Gasteiger partial charge is 0.315 e. The SMILES string of the molecule is CN(C(=O)C1C(c2ccc(Cl)cc2)CC2CCC1N2C)c1ccccc1. The quantitative estimate of drug-likeness (QED) is 0.792. The van der Waals surface area contributed by atoms with Gasteiger partial charge in [-0.15, -0.1) is 0 Å². The van der Waals surface area contributed by atoms with E-state index in [1.165, 1.54) is 12.0 Å². The summed E-state index contributed by atoms with van der Waals surface area (Å²) in [6, 6.07) is 18.9. The van der Waals surface area contributed by atoms with Gasteiger partial charge in [-0.2, -0.15) is 0 Å². The molecule has 1 amide bonds. The van der Waals surface area contributed by atoms with Gasteiger partial charge in [0.15, 0.2) is 0 Å². The van der Waals surface area contributed by atoms with Crippen molar-refractivity contribution in [2.75, 3.05) is 19.0 Å². The maximum absolute atomic E-state index is 13.6. The van der Waals surface area contributed by atoms with Crippen LogP contribution in [0, 0.1) is 5.92 Å². The summed E-state index contributed by atoms with van der Waals surface area (Å²) < 4.78 is 0. The van der Waals surface area contributed by atoms with Crippen LogP contribution in [0.2, 0.25) is 5.02 Å². The van der Waals surface area contributed by atoms with E-state index < -0.39 is 0 Å². The molecule has 4 rings (SSSR count). The molecule has 2 aromatic carbocycles. The van der Waals surface area contributed by atoms with Crippen molar-refractivity contribution in [2.24, 2.45) is 5.92 Å². The predicted octanol–water partition coefficient (Wildman–Crippen LogP) is 4.57. The molecule has 2 fully saturated rings. The number of benzene rings is 2. The van der Waals surface area contributed by atoms with E-state index in [2.05, 4.69) is 24.1 Å². The van der Waals surface area contributed by atoms with Crippen molar-refractivity contribution >= 4 is 23.2 Å². The Morgan fingerprint density at radius 2 is 1.77 bits per heavy atom. The van der Waals surface area contributed by atoms with Crippen LogP contribution in [0.25, 0.3) is 0 Å². The highest BCUT2D eigenvalue weighted by atomic mass is 35.5. The molecule has 2 aliphatic heterocycles. The Morgan fingerprint density at radius 3 is 2.46 bits per heavy atom. The van der Waals surface area contributed by atoms with Crippen LogP contribution in [0.1, 0.15) is 30.7 Å². The maximum atomic E-state index is 13.6. The molecule has 4 heteroatoms. The van der Waals surface area contributed by atoms with E-state index in [0.717, 1.165) is 23.6 Å². The number of para-hydroxylation sites is 1. The molecule has 2 aromatic rings. The number of halogens is 1. The van der Waals surface area contributed by atoms with Gasteiger partial charge in [-0.3, -0.25) is 9.69 Å². The van der Waals surface area contributed by atoms with Gasteiger partial charge >= 0.3 is 0 Å². The zero-order chi connectivity index (χ0) is 18.3. The predicted molar refractivity (Wildman–Crippen MR) is 107 cm³/mol. The van der Waals surface area contributed by atoms with Crippen LogP contribution in [0.4, 0.5) is 5.69 Å². The molecule has 26 heavy (non-hydrogen) atoms. The number of anilines is 1. The molecule has 0 radical (unpaired) electrons. The first-order chi connectivity index (χ1) is 12.6. The lowest BCUT2D eigenvalue weighted by Gasteiger charge is -2.43. The average Bonchev–Trinajstić information content (AvgIpc) is 2.91. The fourth-order valence-corrected chi connectivity index (χ4v) is 4.98. The number of hydrogen-bond acceptors (Lipinski definition) is 2. The highest BCUT2D eigenvalue weighted by Gasteiger charge is 2.49. The molecule has 0 spiro atoms. The monoisotopic (exact) mass is 368 g/mol. The number of fused-ring (bicyclic) bond motifs is 2. The fourth-order valence-electron chi connectivity index (χ4n) is 4.86. The van der Waals surface area contributed by atoms with Crippen LogP contribution in [0.15, 0.2) is 54.6 Å².